The van der Waals surface area contributed by atoms with E-state index < -0.39 is 17.7 Å². The standard InChI is InChI=1S/C46H56N4O6/c1-31(2)55-43(52)41(56-45(5,6)7)39-33(4)48-32(3)38(36-18-20-37(21-19-36)42(51)47-28-34-14-10-8-11-15-34)40(39)49-25-22-46(23-26-49)24-27-50(30-46)44(53)54-29-35-16-12-9-13-17-35/h8-21,31,41H,22-30H2,1-7H3,(H,47,51). The van der Waals surface area contributed by atoms with E-state index in [4.69, 9.17) is 19.2 Å². The van der Waals surface area contributed by atoms with Gasteiger partial charge in [0.25, 0.3) is 5.91 Å². The minimum Gasteiger partial charge on any atom is -0.461 e. The van der Waals surface area contributed by atoms with Gasteiger partial charge in [0, 0.05) is 60.8 Å². The lowest BCUT2D eigenvalue weighted by atomic mass is 9.77. The lowest BCUT2D eigenvalue weighted by Gasteiger charge is -2.42. The molecule has 2 amide bonds. The number of carbonyl (C=O) groups excluding carboxylic acids is 3. The Hall–Kier alpha value is -5.22. The summed E-state index contributed by atoms with van der Waals surface area (Å²) in [4.78, 5) is 49.6. The molecule has 3 heterocycles. The Morgan fingerprint density at radius 2 is 1.43 bits per heavy atom. The molecule has 2 saturated heterocycles. The second-order valence-corrected chi connectivity index (χ2v) is 16.5. The van der Waals surface area contributed by atoms with Crippen LogP contribution in [-0.2, 0) is 32.2 Å². The van der Waals surface area contributed by atoms with Crippen molar-refractivity contribution in [1.82, 2.24) is 15.2 Å². The summed E-state index contributed by atoms with van der Waals surface area (Å²) in [6.07, 6.45) is 0.975. The maximum Gasteiger partial charge on any atom is 0.410 e. The number of hydrogen-bond acceptors (Lipinski definition) is 8. The van der Waals surface area contributed by atoms with E-state index in [2.05, 4.69) is 10.2 Å². The summed E-state index contributed by atoms with van der Waals surface area (Å²) in [5.74, 6) is -0.624. The average molecular weight is 761 g/mol. The Morgan fingerprint density at radius 1 is 0.821 bits per heavy atom. The fourth-order valence-corrected chi connectivity index (χ4v) is 7.89. The lowest BCUT2D eigenvalue weighted by molar-refractivity contribution is -0.171. The first-order valence-corrected chi connectivity index (χ1v) is 19.7. The van der Waals surface area contributed by atoms with Gasteiger partial charge in [0.05, 0.1) is 17.4 Å². The average Bonchev–Trinajstić information content (AvgIpc) is 3.59. The van der Waals surface area contributed by atoms with Crippen molar-refractivity contribution in [1.29, 1.82) is 0 Å². The Morgan fingerprint density at radius 3 is 2.04 bits per heavy atom. The van der Waals surface area contributed by atoms with E-state index >= 15 is 0 Å². The largest absolute Gasteiger partial charge is 0.461 e. The number of hydrogen-bond donors (Lipinski definition) is 1. The fraction of sp³-hybridized carbons (Fsp3) is 0.435. The van der Waals surface area contributed by atoms with Crippen molar-refractivity contribution in [3.05, 3.63) is 119 Å². The van der Waals surface area contributed by atoms with E-state index in [0.29, 0.717) is 49.5 Å². The van der Waals surface area contributed by atoms with Gasteiger partial charge in [-0.3, -0.25) is 9.78 Å². The number of rotatable bonds is 11. The van der Waals surface area contributed by atoms with E-state index in [1.54, 1.807) is 0 Å². The van der Waals surface area contributed by atoms with Gasteiger partial charge in [-0.05, 0) is 102 Å². The summed E-state index contributed by atoms with van der Waals surface area (Å²) in [6.45, 7) is 16.8. The molecule has 1 N–H and O–H groups in total. The highest BCUT2D eigenvalue weighted by Crippen LogP contribution is 2.47. The van der Waals surface area contributed by atoms with Crippen LogP contribution in [0.1, 0.15) is 98.4 Å². The van der Waals surface area contributed by atoms with Gasteiger partial charge in [0.15, 0.2) is 6.10 Å². The second kappa shape index (κ2) is 17.3. The van der Waals surface area contributed by atoms with Crippen LogP contribution in [0.5, 0.6) is 0 Å². The number of nitrogens with one attached hydrogen (secondary N) is 1. The molecule has 1 aromatic heterocycles. The molecule has 2 aliphatic rings. The highest BCUT2D eigenvalue weighted by atomic mass is 16.6. The van der Waals surface area contributed by atoms with E-state index in [-0.39, 0.29) is 30.1 Å². The number of aryl methyl sites for hydroxylation is 2. The van der Waals surface area contributed by atoms with Crippen molar-refractivity contribution in [2.45, 2.75) is 98.7 Å². The van der Waals surface area contributed by atoms with Crippen LogP contribution in [-0.4, -0.2) is 65.7 Å². The maximum absolute atomic E-state index is 14.0. The number of nitrogens with zero attached hydrogens (tertiary/aromatic N) is 3. The molecule has 0 saturated carbocycles. The van der Waals surface area contributed by atoms with Gasteiger partial charge >= 0.3 is 12.1 Å². The number of likely N-dealkylation sites (tertiary alicyclic amines) is 1. The van der Waals surface area contributed by atoms with Crippen LogP contribution in [0.2, 0.25) is 0 Å². The van der Waals surface area contributed by atoms with Crippen LogP contribution in [0.4, 0.5) is 10.5 Å². The Labute approximate surface area is 331 Å². The molecule has 0 bridgehead atoms. The number of anilines is 1. The molecule has 3 aromatic carbocycles. The maximum atomic E-state index is 14.0. The molecule has 4 aromatic rings. The van der Waals surface area contributed by atoms with Crippen molar-refractivity contribution in [3.63, 3.8) is 0 Å². The van der Waals surface area contributed by atoms with Crippen molar-refractivity contribution in [2.75, 3.05) is 31.1 Å². The lowest BCUT2D eigenvalue weighted by Crippen LogP contribution is -2.43. The minimum atomic E-state index is -1.03. The van der Waals surface area contributed by atoms with E-state index in [1.807, 2.05) is 138 Å². The number of esters is 1. The van der Waals surface area contributed by atoms with Gasteiger partial charge in [0.2, 0.25) is 0 Å². The van der Waals surface area contributed by atoms with Gasteiger partial charge in [-0.1, -0.05) is 72.8 Å². The summed E-state index contributed by atoms with van der Waals surface area (Å²) in [7, 11) is 0. The zero-order valence-corrected chi connectivity index (χ0v) is 33.9. The Kier molecular flexibility index (Phi) is 12.5. The van der Waals surface area contributed by atoms with Gasteiger partial charge in [-0.15, -0.1) is 0 Å². The third kappa shape index (κ3) is 9.77. The van der Waals surface area contributed by atoms with Crippen molar-refractivity contribution >= 4 is 23.7 Å². The predicted molar refractivity (Wildman–Crippen MR) is 218 cm³/mol. The molecule has 1 spiro atoms. The molecule has 10 nitrogen and oxygen atoms in total. The predicted octanol–water partition coefficient (Wildman–Crippen LogP) is 8.73. The number of benzene rings is 3. The Bertz CT molecular complexity index is 1980. The molecule has 10 heteroatoms. The van der Waals surface area contributed by atoms with Crippen molar-refractivity contribution in [2.24, 2.45) is 5.41 Å². The molecule has 296 valence electrons. The van der Waals surface area contributed by atoms with Crippen LogP contribution in [0.25, 0.3) is 11.1 Å². The molecular weight excluding hydrogens is 705 g/mol. The number of amides is 2. The third-order valence-electron chi connectivity index (χ3n) is 10.7. The van der Waals surface area contributed by atoms with Crippen LogP contribution < -0.4 is 10.2 Å². The normalized spacial score (nSPS) is 15.9. The topological polar surface area (TPSA) is 110 Å². The van der Waals surface area contributed by atoms with Crippen LogP contribution in [0, 0.1) is 19.3 Å². The quantitative estimate of drug-likeness (QED) is 0.151. The van der Waals surface area contributed by atoms with E-state index in [9.17, 15) is 14.4 Å². The molecule has 1 atom stereocenters. The van der Waals surface area contributed by atoms with Gasteiger partial charge in [-0.25, -0.2) is 9.59 Å². The third-order valence-corrected chi connectivity index (χ3v) is 10.7. The van der Waals surface area contributed by atoms with Crippen LogP contribution >= 0.6 is 0 Å². The van der Waals surface area contributed by atoms with Crippen molar-refractivity contribution in [3.8, 4) is 11.1 Å². The number of carbonyl (C=O) groups is 3. The monoisotopic (exact) mass is 760 g/mol. The zero-order chi connectivity index (χ0) is 40.0. The summed E-state index contributed by atoms with van der Waals surface area (Å²) in [5.41, 5.74) is 6.67. The zero-order valence-electron chi connectivity index (χ0n) is 33.9. The minimum absolute atomic E-state index is 0.0354. The number of aromatic nitrogens is 1. The first-order chi connectivity index (χ1) is 26.7. The molecular formula is C46H56N4O6. The van der Waals surface area contributed by atoms with E-state index in [1.165, 1.54) is 0 Å². The molecule has 56 heavy (non-hydrogen) atoms. The molecule has 0 aliphatic carbocycles. The summed E-state index contributed by atoms with van der Waals surface area (Å²) < 4.78 is 18.1. The number of ether oxygens (including phenoxy) is 3. The van der Waals surface area contributed by atoms with E-state index in [0.717, 1.165) is 52.9 Å². The van der Waals surface area contributed by atoms with Gasteiger partial charge < -0.3 is 29.3 Å². The summed E-state index contributed by atoms with van der Waals surface area (Å²) >= 11 is 0. The van der Waals surface area contributed by atoms with Crippen molar-refractivity contribution < 1.29 is 28.6 Å². The molecule has 2 fully saturated rings. The van der Waals surface area contributed by atoms with Gasteiger partial charge in [0.1, 0.15) is 6.61 Å². The first kappa shape index (κ1) is 40.4. The highest BCUT2D eigenvalue weighted by molar-refractivity contribution is 5.95. The van der Waals surface area contributed by atoms with Crippen LogP contribution in [0.3, 0.4) is 0 Å². The van der Waals surface area contributed by atoms with Gasteiger partial charge in [-0.2, -0.15) is 0 Å². The number of piperidine rings is 1. The summed E-state index contributed by atoms with van der Waals surface area (Å²) in [5, 5.41) is 3.02. The second-order valence-electron chi connectivity index (χ2n) is 16.5. The molecule has 1 unspecified atom stereocenters. The van der Waals surface area contributed by atoms with Crippen LogP contribution in [0.15, 0.2) is 84.9 Å². The fourth-order valence-electron chi connectivity index (χ4n) is 7.89. The number of pyridine rings is 1. The smallest absolute Gasteiger partial charge is 0.410 e. The molecule has 2 aliphatic heterocycles. The first-order valence-electron chi connectivity index (χ1n) is 19.7. The summed E-state index contributed by atoms with van der Waals surface area (Å²) in [6, 6.07) is 27.1. The molecule has 6 rings (SSSR count). The molecule has 0 radical (unpaired) electrons. The highest BCUT2D eigenvalue weighted by Gasteiger charge is 2.44. The SMILES string of the molecule is Cc1nc(C)c(C(OC(C)(C)C)C(=O)OC(C)C)c(N2CCC3(CCN(C(=O)OCc4ccccc4)C3)CC2)c1-c1ccc(C(=O)NCc2ccccc2)cc1. The Balaban J connectivity index is 1.31.